The zero-order valence-corrected chi connectivity index (χ0v) is 32.5. The predicted octanol–water partition coefficient (Wildman–Crippen LogP) is 14.0. The zero-order chi connectivity index (χ0) is 40.0. The number of oxazole rings is 1. The van der Waals surface area contributed by atoms with Crippen LogP contribution >= 0.6 is 0 Å². The van der Waals surface area contributed by atoms with Crippen molar-refractivity contribution >= 4 is 76.4 Å². The Morgan fingerprint density at radius 3 is 1.90 bits per heavy atom. The molecule has 4 aromatic heterocycles. The molecule has 0 aliphatic heterocycles. The van der Waals surface area contributed by atoms with Gasteiger partial charge in [0.25, 0.3) is 0 Å². The van der Waals surface area contributed by atoms with E-state index in [2.05, 4.69) is 144 Å². The highest BCUT2D eigenvalue weighted by atomic mass is 16.4. The van der Waals surface area contributed by atoms with Gasteiger partial charge in [-0.2, -0.15) is 0 Å². The minimum absolute atomic E-state index is 0.505. The summed E-state index contributed by atoms with van der Waals surface area (Å²) in [5, 5.41) is 8.34. The third kappa shape index (κ3) is 5.17. The number of hydrogen-bond acceptors (Lipinski definition) is 6. The Morgan fingerprint density at radius 1 is 0.377 bits per heavy atom. The van der Waals surface area contributed by atoms with Gasteiger partial charge in [0.05, 0.1) is 22.0 Å². The predicted molar refractivity (Wildman–Crippen MR) is 246 cm³/mol. The van der Waals surface area contributed by atoms with Crippen molar-refractivity contribution in [2.24, 2.45) is 0 Å². The van der Waals surface area contributed by atoms with Crippen LogP contribution < -0.4 is 0 Å². The average molecular weight is 782 g/mol. The molecule has 284 valence electrons. The molecule has 13 rings (SSSR count). The molecule has 9 aromatic carbocycles. The lowest BCUT2D eigenvalue weighted by Crippen LogP contribution is -2.01. The molecule has 13 aromatic rings. The number of hydrogen-bond donors (Lipinski definition) is 0. The summed E-state index contributed by atoms with van der Waals surface area (Å²) in [5.74, 6) is 2.19. The van der Waals surface area contributed by atoms with Crippen molar-refractivity contribution in [3.05, 3.63) is 188 Å². The number of benzene rings is 9. The van der Waals surface area contributed by atoms with Crippen molar-refractivity contribution in [1.29, 1.82) is 0 Å². The third-order valence-corrected chi connectivity index (χ3v) is 11.9. The maximum absolute atomic E-state index is 6.90. The van der Waals surface area contributed by atoms with Crippen LogP contribution in [-0.2, 0) is 0 Å². The highest BCUT2D eigenvalue weighted by Gasteiger charge is 2.24. The van der Waals surface area contributed by atoms with Gasteiger partial charge in [-0.1, -0.05) is 133 Å². The van der Waals surface area contributed by atoms with Gasteiger partial charge in [-0.25, -0.2) is 19.9 Å². The first-order chi connectivity index (χ1) is 30.2. The summed E-state index contributed by atoms with van der Waals surface area (Å²) in [6.07, 6.45) is 0. The highest BCUT2D eigenvalue weighted by molar-refractivity contribution is 6.27. The normalized spacial score (nSPS) is 11.9. The van der Waals surface area contributed by atoms with E-state index in [4.69, 9.17) is 28.8 Å². The fourth-order valence-electron chi connectivity index (χ4n) is 9.09. The van der Waals surface area contributed by atoms with Crippen LogP contribution in [0.4, 0.5) is 0 Å². The number of fused-ring (bicyclic) bond motifs is 11. The molecule has 0 radical (unpaired) electrons. The molecule has 4 heterocycles. The van der Waals surface area contributed by atoms with Gasteiger partial charge in [0, 0.05) is 38.5 Å². The number of para-hydroxylation sites is 2. The molecule has 0 saturated heterocycles. The summed E-state index contributed by atoms with van der Waals surface area (Å²) in [6.45, 7) is 0. The molecule has 0 aliphatic rings. The molecule has 0 saturated carbocycles. The van der Waals surface area contributed by atoms with Crippen LogP contribution in [0.2, 0.25) is 0 Å². The van der Waals surface area contributed by atoms with E-state index in [0.717, 1.165) is 82.2 Å². The van der Waals surface area contributed by atoms with Crippen molar-refractivity contribution < 1.29 is 8.83 Å². The summed E-state index contributed by atoms with van der Waals surface area (Å²) >= 11 is 0. The summed E-state index contributed by atoms with van der Waals surface area (Å²) < 4.78 is 15.8. The lowest BCUT2D eigenvalue weighted by Gasteiger charge is -2.12. The van der Waals surface area contributed by atoms with Crippen molar-refractivity contribution in [2.45, 2.75) is 0 Å². The van der Waals surface area contributed by atoms with Crippen LogP contribution in [0.3, 0.4) is 0 Å². The van der Waals surface area contributed by atoms with E-state index in [1.807, 2.05) is 48.5 Å². The second kappa shape index (κ2) is 13.0. The molecular formula is C54H31N5O2. The first-order valence-corrected chi connectivity index (χ1v) is 20.3. The molecule has 61 heavy (non-hydrogen) atoms. The molecule has 0 bridgehead atoms. The van der Waals surface area contributed by atoms with E-state index < -0.39 is 0 Å². The number of nitrogens with zero attached hydrogens (tertiary/aromatic N) is 5. The third-order valence-electron chi connectivity index (χ3n) is 11.9. The van der Waals surface area contributed by atoms with Gasteiger partial charge in [0.2, 0.25) is 5.89 Å². The standard InChI is InChI=1S/C54H31N5O2/c1-3-15-33(16-4-1)54-55-43-28-29-46-48(50(43)61-54)47-38-22-10-8-17-34(38)30-42(49(47)60-46)53-57-51(56-52(58-53)41-24-13-18-32-14-7-9-21-37(32)41)35-26-27-40-39-23-11-12-25-44(39)59(45(40)31-35)36-19-5-2-6-20-36/h1-31H. The molecule has 0 spiro atoms. The Labute approximate surface area is 347 Å². The van der Waals surface area contributed by atoms with Crippen LogP contribution in [0.15, 0.2) is 197 Å². The molecule has 7 nitrogen and oxygen atoms in total. The Kier molecular flexibility index (Phi) is 7.17. The van der Waals surface area contributed by atoms with Gasteiger partial charge in [-0.15, -0.1) is 0 Å². The van der Waals surface area contributed by atoms with Crippen molar-refractivity contribution in [1.82, 2.24) is 24.5 Å². The van der Waals surface area contributed by atoms with E-state index in [1.54, 1.807) is 0 Å². The molecular weight excluding hydrogens is 751 g/mol. The van der Waals surface area contributed by atoms with E-state index in [1.165, 1.54) is 5.39 Å². The summed E-state index contributed by atoms with van der Waals surface area (Å²) in [6, 6.07) is 64.6. The van der Waals surface area contributed by atoms with Gasteiger partial charge in [-0.3, -0.25) is 0 Å². The lowest BCUT2D eigenvalue weighted by atomic mass is 9.99. The van der Waals surface area contributed by atoms with Crippen LogP contribution in [-0.4, -0.2) is 24.5 Å². The molecule has 0 atom stereocenters. The summed E-state index contributed by atoms with van der Waals surface area (Å²) in [4.78, 5) is 20.9. The van der Waals surface area contributed by atoms with Gasteiger partial charge in [0.1, 0.15) is 16.7 Å². The van der Waals surface area contributed by atoms with Crippen molar-refractivity contribution in [3.8, 4) is 51.3 Å². The maximum atomic E-state index is 6.90. The number of furan rings is 1. The summed E-state index contributed by atoms with van der Waals surface area (Å²) in [5.41, 5.74) is 9.52. The average Bonchev–Trinajstić information content (AvgIpc) is 4.04. The molecule has 0 unspecified atom stereocenters. The van der Waals surface area contributed by atoms with E-state index in [-0.39, 0.29) is 0 Å². The quantitative estimate of drug-likeness (QED) is 0.173. The molecule has 0 N–H and O–H groups in total. The molecule has 0 aliphatic carbocycles. The number of rotatable bonds is 5. The Bertz CT molecular complexity index is 3880. The molecule has 0 fully saturated rings. The van der Waals surface area contributed by atoms with Crippen molar-refractivity contribution in [2.75, 3.05) is 0 Å². The van der Waals surface area contributed by atoms with Gasteiger partial charge >= 0.3 is 0 Å². The minimum atomic E-state index is 0.505. The lowest BCUT2D eigenvalue weighted by molar-refractivity contribution is 0.622. The smallest absolute Gasteiger partial charge is 0.227 e. The SMILES string of the molecule is c1ccc(-c2nc3ccc4oc5c(-c6nc(-c7ccc8c9ccccc9n(-c9ccccc9)c8c7)nc(-c7cccc8ccccc78)n6)cc6ccccc6c5c4c3o2)cc1. The zero-order valence-electron chi connectivity index (χ0n) is 32.5. The van der Waals surface area contributed by atoms with E-state index in [9.17, 15) is 0 Å². The second-order valence-corrected chi connectivity index (χ2v) is 15.4. The highest BCUT2D eigenvalue weighted by Crippen LogP contribution is 2.44. The molecule has 7 heteroatoms. The Morgan fingerprint density at radius 2 is 1.05 bits per heavy atom. The largest absolute Gasteiger partial charge is 0.455 e. The summed E-state index contributed by atoms with van der Waals surface area (Å²) in [7, 11) is 0. The topological polar surface area (TPSA) is 82.8 Å². The fourth-order valence-corrected chi connectivity index (χ4v) is 9.09. The van der Waals surface area contributed by atoms with Crippen LogP contribution in [0.25, 0.3) is 128 Å². The first kappa shape index (κ1) is 33.5. The van der Waals surface area contributed by atoms with Crippen molar-refractivity contribution in [3.63, 3.8) is 0 Å². The van der Waals surface area contributed by atoms with Crippen LogP contribution in [0.1, 0.15) is 0 Å². The maximum Gasteiger partial charge on any atom is 0.227 e. The second-order valence-electron chi connectivity index (χ2n) is 15.4. The Hall–Kier alpha value is -8.42. The monoisotopic (exact) mass is 781 g/mol. The molecule has 0 amide bonds. The fraction of sp³-hybridized carbons (Fsp3) is 0. The number of aromatic nitrogens is 5. The van der Waals surface area contributed by atoms with Crippen LogP contribution in [0.5, 0.6) is 0 Å². The van der Waals surface area contributed by atoms with Crippen LogP contribution in [0, 0.1) is 0 Å². The van der Waals surface area contributed by atoms with E-state index >= 15 is 0 Å². The van der Waals surface area contributed by atoms with Gasteiger partial charge in [-0.05, 0) is 76.1 Å². The van der Waals surface area contributed by atoms with Gasteiger partial charge in [0.15, 0.2) is 23.1 Å². The Balaban J connectivity index is 1.10. The minimum Gasteiger partial charge on any atom is -0.455 e. The van der Waals surface area contributed by atoms with Gasteiger partial charge < -0.3 is 13.4 Å². The first-order valence-electron chi connectivity index (χ1n) is 20.3. The van der Waals surface area contributed by atoms with E-state index in [0.29, 0.717) is 40.1 Å².